The van der Waals surface area contributed by atoms with Gasteiger partial charge in [0.05, 0.1) is 0 Å². The molecule has 0 saturated carbocycles. The topological polar surface area (TPSA) is 3.24 Å². The Morgan fingerprint density at radius 3 is 2.06 bits per heavy atom. The molecular weight excluding hydrogens is 214 g/mol. The summed E-state index contributed by atoms with van der Waals surface area (Å²) in [5.41, 5.74) is 0.464. The van der Waals surface area contributed by atoms with E-state index in [9.17, 15) is 0 Å². The lowest BCUT2D eigenvalue weighted by molar-refractivity contribution is 0.112. The fraction of sp³-hybridized carbons (Fsp3) is 1.00. The maximum Gasteiger partial charge on any atom is 0.0279 e. The number of nitrogens with zero attached hydrogens (tertiary/aromatic N) is 1. The number of thioether (sulfide) groups is 1. The minimum atomic E-state index is 0.464. The number of rotatable bonds is 5. The molecule has 1 fully saturated rings. The Balaban J connectivity index is 2.50. The molecule has 0 N–H and O–H groups in total. The molecule has 0 aromatic carbocycles. The first-order chi connectivity index (χ1) is 7.31. The van der Waals surface area contributed by atoms with Crippen LogP contribution in [-0.2, 0) is 0 Å². The Morgan fingerprint density at radius 2 is 1.75 bits per heavy atom. The van der Waals surface area contributed by atoms with Gasteiger partial charge in [-0.25, -0.2) is 0 Å². The van der Waals surface area contributed by atoms with Crippen LogP contribution < -0.4 is 0 Å². The van der Waals surface area contributed by atoms with Crippen LogP contribution in [0, 0.1) is 11.3 Å². The highest BCUT2D eigenvalue weighted by atomic mass is 32.2. The van der Waals surface area contributed by atoms with Gasteiger partial charge in [-0.3, -0.25) is 4.90 Å². The maximum absolute atomic E-state index is 2.76. The van der Waals surface area contributed by atoms with E-state index in [1.807, 2.05) is 0 Å². The van der Waals surface area contributed by atoms with Crippen molar-refractivity contribution in [1.29, 1.82) is 0 Å². The van der Waals surface area contributed by atoms with Gasteiger partial charge in [0.1, 0.15) is 0 Å². The van der Waals surface area contributed by atoms with Crippen molar-refractivity contribution < 1.29 is 0 Å². The van der Waals surface area contributed by atoms with E-state index in [-0.39, 0.29) is 0 Å². The lowest BCUT2D eigenvalue weighted by Gasteiger charge is -2.43. The van der Waals surface area contributed by atoms with Crippen LogP contribution >= 0.6 is 11.8 Å². The van der Waals surface area contributed by atoms with Crippen molar-refractivity contribution in [3.63, 3.8) is 0 Å². The van der Waals surface area contributed by atoms with Gasteiger partial charge in [0.2, 0.25) is 0 Å². The van der Waals surface area contributed by atoms with Gasteiger partial charge >= 0.3 is 0 Å². The Labute approximate surface area is 106 Å². The van der Waals surface area contributed by atoms with E-state index in [4.69, 9.17) is 0 Å². The molecule has 96 valence electrons. The smallest absolute Gasteiger partial charge is 0.0279 e. The zero-order chi connectivity index (χ0) is 12.3. The van der Waals surface area contributed by atoms with Crippen molar-refractivity contribution in [3.8, 4) is 0 Å². The van der Waals surface area contributed by atoms with Gasteiger partial charge < -0.3 is 0 Å². The summed E-state index contributed by atoms with van der Waals surface area (Å²) < 4.78 is 0. The minimum Gasteiger partial charge on any atom is -0.296 e. The lowest BCUT2D eigenvalue weighted by Crippen LogP contribution is -2.51. The summed E-state index contributed by atoms with van der Waals surface area (Å²) in [5, 5.41) is 0. The minimum absolute atomic E-state index is 0.464. The van der Waals surface area contributed by atoms with E-state index in [0.29, 0.717) is 5.41 Å². The third kappa shape index (κ3) is 4.29. The molecule has 2 heteroatoms. The fourth-order valence-corrected chi connectivity index (χ4v) is 2.81. The predicted octanol–water partition coefficient (Wildman–Crippen LogP) is 3.88. The summed E-state index contributed by atoms with van der Waals surface area (Å²) in [5.74, 6) is 3.47. The number of hydrogen-bond donors (Lipinski definition) is 0. The van der Waals surface area contributed by atoms with Crippen molar-refractivity contribution in [2.75, 3.05) is 18.1 Å². The van der Waals surface area contributed by atoms with Crippen molar-refractivity contribution in [2.24, 2.45) is 11.3 Å². The zero-order valence-corrected chi connectivity index (χ0v) is 12.7. The van der Waals surface area contributed by atoms with Gasteiger partial charge in [-0.15, -0.1) is 0 Å². The highest BCUT2D eigenvalue weighted by Gasteiger charge is 2.30. The summed E-state index contributed by atoms with van der Waals surface area (Å²) in [4.78, 5) is 2.76. The molecule has 0 spiro atoms. The molecule has 1 aliphatic rings. The molecule has 1 atom stereocenters. The van der Waals surface area contributed by atoms with Gasteiger partial charge in [0.15, 0.2) is 0 Å². The summed E-state index contributed by atoms with van der Waals surface area (Å²) in [6, 6.07) is 1.58. The van der Waals surface area contributed by atoms with E-state index in [2.05, 4.69) is 58.2 Å². The first kappa shape index (κ1) is 14.4. The molecule has 0 aromatic rings. The highest BCUT2D eigenvalue weighted by Crippen LogP contribution is 2.29. The molecule has 0 aliphatic carbocycles. The van der Waals surface area contributed by atoms with E-state index in [1.54, 1.807) is 0 Å². The molecule has 1 heterocycles. The van der Waals surface area contributed by atoms with Crippen molar-refractivity contribution >= 4 is 11.8 Å². The van der Waals surface area contributed by atoms with Crippen molar-refractivity contribution in [2.45, 2.75) is 60.0 Å². The third-order valence-corrected chi connectivity index (χ3v) is 4.94. The average Bonchev–Trinajstić information content (AvgIpc) is 2.05. The summed E-state index contributed by atoms with van der Waals surface area (Å²) in [6.07, 6.45) is 1.31. The molecule has 1 nitrogen and oxygen atoms in total. The monoisotopic (exact) mass is 243 g/mol. The SMILES string of the molecule is CC(C)C(C)N(CCC(C)(C)C)C1CSC1. The summed E-state index contributed by atoms with van der Waals surface area (Å²) in [6.45, 7) is 15.4. The number of hydrogen-bond acceptors (Lipinski definition) is 2. The van der Waals surface area contributed by atoms with E-state index in [1.165, 1.54) is 24.5 Å². The maximum atomic E-state index is 2.76. The Morgan fingerprint density at radius 1 is 1.19 bits per heavy atom. The zero-order valence-electron chi connectivity index (χ0n) is 11.9. The van der Waals surface area contributed by atoms with Crippen LogP contribution in [0.1, 0.15) is 48.0 Å². The molecular formula is C14H29NS. The van der Waals surface area contributed by atoms with Gasteiger partial charge in [-0.1, -0.05) is 34.6 Å². The van der Waals surface area contributed by atoms with Crippen LogP contribution in [0.2, 0.25) is 0 Å². The van der Waals surface area contributed by atoms with Crippen LogP contribution in [0.5, 0.6) is 0 Å². The van der Waals surface area contributed by atoms with Crippen LogP contribution in [-0.4, -0.2) is 35.0 Å². The van der Waals surface area contributed by atoms with E-state index >= 15 is 0 Å². The summed E-state index contributed by atoms with van der Waals surface area (Å²) in [7, 11) is 0. The fourth-order valence-electron chi connectivity index (χ4n) is 1.98. The molecule has 16 heavy (non-hydrogen) atoms. The van der Waals surface area contributed by atoms with Crippen LogP contribution in [0.25, 0.3) is 0 Å². The lowest BCUT2D eigenvalue weighted by atomic mass is 9.91. The van der Waals surface area contributed by atoms with Gasteiger partial charge in [0.25, 0.3) is 0 Å². The van der Waals surface area contributed by atoms with Crippen molar-refractivity contribution in [1.82, 2.24) is 4.90 Å². The van der Waals surface area contributed by atoms with Crippen LogP contribution in [0.3, 0.4) is 0 Å². The first-order valence-electron chi connectivity index (χ1n) is 6.65. The third-order valence-electron chi connectivity index (χ3n) is 3.70. The van der Waals surface area contributed by atoms with Crippen LogP contribution in [0.4, 0.5) is 0 Å². The molecule has 0 bridgehead atoms. The second kappa shape index (κ2) is 5.77. The quantitative estimate of drug-likeness (QED) is 0.721. The van der Waals surface area contributed by atoms with Gasteiger partial charge in [-0.2, -0.15) is 11.8 Å². The molecule has 1 saturated heterocycles. The largest absolute Gasteiger partial charge is 0.296 e. The Hall–Kier alpha value is 0.310. The molecule has 1 rings (SSSR count). The Bertz CT molecular complexity index is 203. The van der Waals surface area contributed by atoms with Crippen LogP contribution in [0.15, 0.2) is 0 Å². The normalized spacial score (nSPS) is 20.2. The molecule has 1 unspecified atom stereocenters. The standard InChI is InChI=1S/C14H29NS/c1-11(2)12(3)15(13-9-16-10-13)8-7-14(4,5)6/h11-13H,7-10H2,1-6H3. The molecule has 0 aromatic heterocycles. The molecule has 0 radical (unpaired) electrons. The van der Waals surface area contributed by atoms with E-state index < -0.39 is 0 Å². The van der Waals surface area contributed by atoms with Gasteiger partial charge in [-0.05, 0) is 31.2 Å². The second-order valence-corrected chi connectivity index (χ2v) is 7.80. The molecule has 0 amide bonds. The highest BCUT2D eigenvalue weighted by molar-refractivity contribution is 8.00. The van der Waals surface area contributed by atoms with Gasteiger partial charge in [0, 0.05) is 23.6 Å². The second-order valence-electron chi connectivity index (χ2n) is 6.72. The van der Waals surface area contributed by atoms with E-state index in [0.717, 1.165) is 18.0 Å². The summed E-state index contributed by atoms with van der Waals surface area (Å²) >= 11 is 2.09. The van der Waals surface area contributed by atoms with Crippen molar-refractivity contribution in [3.05, 3.63) is 0 Å². The molecule has 1 aliphatic heterocycles. The first-order valence-corrected chi connectivity index (χ1v) is 7.80. The average molecular weight is 243 g/mol. The predicted molar refractivity (Wildman–Crippen MR) is 76.2 cm³/mol. The Kier molecular flexibility index (Phi) is 5.18.